The van der Waals surface area contributed by atoms with Gasteiger partial charge in [-0.25, -0.2) is 8.42 Å². The zero-order valence-electron chi connectivity index (χ0n) is 17.6. The number of benzene rings is 2. The average Bonchev–Trinajstić information content (AvgIpc) is 2.66. The first-order chi connectivity index (χ1) is 14.4. The van der Waals surface area contributed by atoms with Crippen LogP contribution >= 0.6 is 23.2 Å². The Hall–Kier alpha value is -2.16. The number of carbonyl (C=O) groups is 1. The fourth-order valence-corrected chi connectivity index (χ4v) is 4.64. The van der Waals surface area contributed by atoms with Crippen molar-refractivity contribution in [2.45, 2.75) is 31.9 Å². The molecule has 0 fully saturated rings. The van der Waals surface area contributed by atoms with Gasteiger partial charge in [-0.05, 0) is 44.2 Å². The van der Waals surface area contributed by atoms with Crippen molar-refractivity contribution in [1.29, 1.82) is 0 Å². The number of halogens is 2. The second kappa shape index (κ2) is 8.76. The summed E-state index contributed by atoms with van der Waals surface area (Å²) < 4.78 is 37.0. The minimum Gasteiger partial charge on any atom is -0.497 e. The quantitative estimate of drug-likeness (QED) is 0.661. The largest absolute Gasteiger partial charge is 0.497 e. The van der Waals surface area contributed by atoms with Crippen molar-refractivity contribution in [1.82, 2.24) is 5.32 Å². The van der Waals surface area contributed by atoms with Crippen LogP contribution in [0.1, 0.15) is 31.9 Å². The number of methoxy groups -OCH3 is 1. The van der Waals surface area contributed by atoms with Gasteiger partial charge in [0.25, 0.3) is 0 Å². The Morgan fingerprint density at radius 1 is 1.23 bits per heavy atom. The number of carbonyl (C=O) groups excluding carboxylic acids is 1. The molecular formula is C21H24Cl2N2O5S. The standard InChI is InChI=1S/C21H24Cl2N2O5S/c1-21(2)11-18(15-7-6-14(29-3)10-19(15)30-21)24-20(26)12-25(31(4,27)28)13-5-8-16(22)17(23)9-13/h5-10,18H,11-12H2,1-4H3,(H,24,26). The maximum atomic E-state index is 12.9. The van der Waals surface area contributed by atoms with Gasteiger partial charge in [0.2, 0.25) is 15.9 Å². The van der Waals surface area contributed by atoms with Crippen LogP contribution in [0.5, 0.6) is 11.5 Å². The Morgan fingerprint density at radius 3 is 2.55 bits per heavy atom. The fourth-order valence-electron chi connectivity index (χ4n) is 3.50. The highest BCUT2D eigenvalue weighted by Gasteiger charge is 2.35. The summed E-state index contributed by atoms with van der Waals surface area (Å²) in [5.41, 5.74) is 0.524. The molecule has 7 nitrogen and oxygen atoms in total. The molecule has 1 aliphatic rings. The normalized spacial score (nSPS) is 17.3. The van der Waals surface area contributed by atoms with Gasteiger partial charge in [0.05, 0.1) is 35.1 Å². The van der Waals surface area contributed by atoms with Crippen molar-refractivity contribution >= 4 is 44.8 Å². The predicted molar refractivity (Wildman–Crippen MR) is 122 cm³/mol. The maximum absolute atomic E-state index is 12.9. The van der Waals surface area contributed by atoms with Gasteiger partial charge < -0.3 is 14.8 Å². The molecule has 1 heterocycles. The molecule has 168 valence electrons. The van der Waals surface area contributed by atoms with Gasteiger partial charge in [-0.3, -0.25) is 9.10 Å². The highest BCUT2D eigenvalue weighted by atomic mass is 35.5. The lowest BCUT2D eigenvalue weighted by molar-refractivity contribution is -0.120. The molecule has 31 heavy (non-hydrogen) atoms. The summed E-state index contributed by atoms with van der Waals surface area (Å²) in [4.78, 5) is 12.9. The van der Waals surface area contributed by atoms with Crippen molar-refractivity contribution in [2.24, 2.45) is 0 Å². The van der Waals surface area contributed by atoms with E-state index in [-0.39, 0.29) is 16.8 Å². The van der Waals surface area contributed by atoms with Crippen LogP contribution in [0.4, 0.5) is 5.69 Å². The van der Waals surface area contributed by atoms with Gasteiger partial charge in [0.1, 0.15) is 23.6 Å². The van der Waals surface area contributed by atoms with E-state index < -0.39 is 28.1 Å². The first kappa shape index (κ1) is 23.5. The molecule has 0 aliphatic carbocycles. The molecule has 0 radical (unpaired) electrons. The van der Waals surface area contributed by atoms with Gasteiger partial charge >= 0.3 is 0 Å². The molecule has 1 unspecified atom stereocenters. The molecule has 0 saturated heterocycles. The number of nitrogens with zero attached hydrogens (tertiary/aromatic N) is 1. The molecule has 1 aliphatic heterocycles. The van der Waals surface area contributed by atoms with Crippen LogP contribution in [0, 0.1) is 0 Å². The number of hydrogen-bond acceptors (Lipinski definition) is 5. The van der Waals surface area contributed by atoms with Crippen molar-refractivity contribution in [3.05, 3.63) is 52.0 Å². The molecule has 2 aromatic rings. The Morgan fingerprint density at radius 2 is 1.94 bits per heavy atom. The molecule has 0 saturated carbocycles. The van der Waals surface area contributed by atoms with Crippen LogP contribution in [0.2, 0.25) is 10.0 Å². The van der Waals surface area contributed by atoms with Gasteiger partial charge in [-0.15, -0.1) is 0 Å². The Balaban J connectivity index is 1.85. The molecule has 1 atom stereocenters. The lowest BCUT2D eigenvalue weighted by Crippen LogP contribution is -2.45. The summed E-state index contributed by atoms with van der Waals surface area (Å²) >= 11 is 12.0. The fraction of sp³-hybridized carbons (Fsp3) is 0.381. The third kappa shape index (κ3) is 5.56. The second-order valence-electron chi connectivity index (χ2n) is 7.96. The Bertz CT molecular complexity index is 1100. The van der Waals surface area contributed by atoms with Crippen molar-refractivity contribution in [3.8, 4) is 11.5 Å². The molecule has 10 heteroatoms. The van der Waals surface area contributed by atoms with Gasteiger partial charge in [-0.2, -0.15) is 0 Å². The SMILES string of the molecule is COc1ccc2c(c1)OC(C)(C)CC2NC(=O)CN(c1ccc(Cl)c(Cl)c1)S(C)(=O)=O. The third-order valence-electron chi connectivity index (χ3n) is 4.89. The number of nitrogens with one attached hydrogen (secondary N) is 1. The van der Waals surface area contributed by atoms with E-state index in [1.807, 2.05) is 19.9 Å². The topological polar surface area (TPSA) is 84.9 Å². The number of fused-ring (bicyclic) bond motifs is 1. The summed E-state index contributed by atoms with van der Waals surface area (Å²) in [5.74, 6) is 0.802. The molecule has 0 spiro atoms. The maximum Gasteiger partial charge on any atom is 0.241 e. The van der Waals surface area contributed by atoms with Crippen molar-refractivity contribution in [3.63, 3.8) is 0 Å². The minimum atomic E-state index is -3.75. The number of ether oxygens (including phenoxy) is 2. The third-order valence-corrected chi connectivity index (χ3v) is 6.77. The van der Waals surface area contributed by atoms with Gasteiger partial charge in [0, 0.05) is 18.1 Å². The summed E-state index contributed by atoms with van der Waals surface area (Å²) in [6.45, 7) is 3.44. The van der Waals surface area contributed by atoms with Crippen LogP contribution < -0.4 is 19.1 Å². The number of hydrogen-bond donors (Lipinski definition) is 1. The molecule has 0 aromatic heterocycles. The molecular weight excluding hydrogens is 463 g/mol. The van der Waals surface area contributed by atoms with E-state index in [1.165, 1.54) is 18.2 Å². The zero-order chi connectivity index (χ0) is 23.0. The van der Waals surface area contributed by atoms with E-state index in [0.717, 1.165) is 16.1 Å². The summed E-state index contributed by atoms with van der Waals surface area (Å²) in [6.07, 6.45) is 1.55. The van der Waals surface area contributed by atoms with Gasteiger partial charge in [-0.1, -0.05) is 23.2 Å². The average molecular weight is 487 g/mol. The number of anilines is 1. The molecule has 1 amide bonds. The first-order valence-corrected chi connectivity index (χ1v) is 12.1. The molecule has 3 rings (SSSR count). The van der Waals surface area contributed by atoms with Gasteiger partial charge in [0.15, 0.2) is 0 Å². The Kier molecular flexibility index (Phi) is 6.64. The highest BCUT2D eigenvalue weighted by molar-refractivity contribution is 7.92. The molecule has 1 N–H and O–H groups in total. The molecule has 0 bridgehead atoms. The lowest BCUT2D eigenvalue weighted by Gasteiger charge is -2.38. The molecule has 2 aromatic carbocycles. The summed E-state index contributed by atoms with van der Waals surface area (Å²) in [6, 6.07) is 9.44. The van der Waals surface area contributed by atoms with Crippen LogP contribution in [0.15, 0.2) is 36.4 Å². The zero-order valence-corrected chi connectivity index (χ0v) is 19.9. The van der Waals surface area contributed by atoms with Crippen LogP contribution in [-0.4, -0.2) is 39.8 Å². The van der Waals surface area contributed by atoms with E-state index in [1.54, 1.807) is 19.2 Å². The summed E-state index contributed by atoms with van der Waals surface area (Å²) in [7, 11) is -2.18. The van der Waals surface area contributed by atoms with E-state index in [0.29, 0.717) is 22.9 Å². The first-order valence-electron chi connectivity index (χ1n) is 9.49. The highest BCUT2D eigenvalue weighted by Crippen LogP contribution is 2.41. The van der Waals surface area contributed by atoms with E-state index in [9.17, 15) is 13.2 Å². The van der Waals surface area contributed by atoms with Crippen LogP contribution in [0.3, 0.4) is 0 Å². The van der Waals surface area contributed by atoms with E-state index >= 15 is 0 Å². The van der Waals surface area contributed by atoms with E-state index in [2.05, 4.69) is 5.32 Å². The smallest absolute Gasteiger partial charge is 0.241 e. The minimum absolute atomic E-state index is 0.197. The predicted octanol–water partition coefficient (Wildman–Crippen LogP) is 4.19. The van der Waals surface area contributed by atoms with Crippen molar-refractivity contribution < 1.29 is 22.7 Å². The lowest BCUT2D eigenvalue weighted by atomic mass is 9.89. The summed E-state index contributed by atoms with van der Waals surface area (Å²) in [5, 5.41) is 3.43. The van der Waals surface area contributed by atoms with E-state index in [4.69, 9.17) is 32.7 Å². The monoisotopic (exact) mass is 486 g/mol. The van der Waals surface area contributed by atoms with Crippen LogP contribution in [-0.2, 0) is 14.8 Å². The second-order valence-corrected chi connectivity index (χ2v) is 10.7. The number of amides is 1. The number of rotatable bonds is 6. The van der Waals surface area contributed by atoms with Crippen LogP contribution in [0.25, 0.3) is 0 Å². The Labute approximate surface area is 192 Å². The van der Waals surface area contributed by atoms with Crippen molar-refractivity contribution in [2.75, 3.05) is 24.2 Å². The number of sulfonamides is 1.